The van der Waals surface area contributed by atoms with E-state index in [4.69, 9.17) is 0 Å². The Morgan fingerprint density at radius 2 is 1.86 bits per heavy atom. The SMILES string of the molecule is CN(C)C[SH](=O)=O. The van der Waals surface area contributed by atoms with Crippen LogP contribution in [0.1, 0.15) is 0 Å². The van der Waals surface area contributed by atoms with E-state index in [1.165, 1.54) is 0 Å². The van der Waals surface area contributed by atoms with Crippen molar-refractivity contribution >= 4 is 10.7 Å². The van der Waals surface area contributed by atoms with E-state index in [0.717, 1.165) is 0 Å². The summed E-state index contributed by atoms with van der Waals surface area (Å²) in [7, 11) is 1.21. The largest absolute Gasteiger partial charge is 0.296 e. The molecule has 0 saturated carbocycles. The van der Waals surface area contributed by atoms with Crippen LogP contribution in [-0.2, 0) is 10.7 Å². The first-order valence-corrected chi connectivity index (χ1v) is 3.25. The molecule has 0 aromatic heterocycles. The van der Waals surface area contributed by atoms with Crippen LogP contribution < -0.4 is 0 Å². The molecule has 0 aromatic carbocycles. The van der Waals surface area contributed by atoms with Gasteiger partial charge >= 0.3 is 0 Å². The molecule has 0 rings (SSSR count). The highest BCUT2D eigenvalue weighted by molar-refractivity contribution is 7.72. The molecule has 0 aliphatic rings. The molecule has 0 atom stereocenters. The van der Waals surface area contributed by atoms with Crippen molar-refractivity contribution in [3.63, 3.8) is 0 Å². The molecule has 0 aliphatic heterocycles. The van der Waals surface area contributed by atoms with E-state index in [2.05, 4.69) is 0 Å². The smallest absolute Gasteiger partial charge is 0.153 e. The summed E-state index contributed by atoms with van der Waals surface area (Å²) < 4.78 is 19.6. The molecule has 44 valence electrons. The third-order valence-corrected chi connectivity index (χ3v) is 1.19. The zero-order valence-electron chi connectivity index (χ0n) is 4.42. The summed E-state index contributed by atoms with van der Waals surface area (Å²) >= 11 is 0. The fraction of sp³-hybridized carbons (Fsp3) is 1.00. The van der Waals surface area contributed by atoms with Gasteiger partial charge in [-0.15, -0.1) is 0 Å². The van der Waals surface area contributed by atoms with Crippen LogP contribution in [0.3, 0.4) is 0 Å². The van der Waals surface area contributed by atoms with Crippen molar-refractivity contribution in [1.82, 2.24) is 4.90 Å². The van der Waals surface area contributed by atoms with Gasteiger partial charge in [-0.25, -0.2) is 8.42 Å². The van der Waals surface area contributed by atoms with Gasteiger partial charge in [0, 0.05) is 0 Å². The predicted molar refractivity (Wildman–Crippen MR) is 28.9 cm³/mol. The zero-order valence-corrected chi connectivity index (χ0v) is 5.31. The zero-order chi connectivity index (χ0) is 5.86. The van der Waals surface area contributed by atoms with Gasteiger partial charge in [0.1, 0.15) is 0 Å². The predicted octanol–water partition coefficient (Wildman–Crippen LogP) is -0.883. The average molecular weight is 123 g/mol. The van der Waals surface area contributed by atoms with Crippen LogP contribution in [0.2, 0.25) is 0 Å². The van der Waals surface area contributed by atoms with Crippen molar-refractivity contribution in [2.75, 3.05) is 20.0 Å². The fourth-order valence-corrected chi connectivity index (χ4v) is 0.693. The molecule has 0 fully saturated rings. The Bertz CT molecular complexity index is 99.5. The summed E-state index contributed by atoms with van der Waals surface area (Å²) in [5.74, 6) is 0.148. The Labute approximate surface area is 44.9 Å². The molecule has 0 spiro atoms. The average Bonchev–Trinajstić information content (AvgIpc) is 1.27. The lowest BCUT2D eigenvalue weighted by molar-refractivity contribution is 0.468. The highest BCUT2D eigenvalue weighted by Gasteiger charge is 1.85. The molecule has 0 bridgehead atoms. The van der Waals surface area contributed by atoms with Crippen molar-refractivity contribution < 1.29 is 8.42 Å². The Morgan fingerprint density at radius 3 is 1.86 bits per heavy atom. The maximum atomic E-state index is 9.81. The maximum Gasteiger partial charge on any atom is 0.153 e. The molecular weight excluding hydrogens is 114 g/mol. The van der Waals surface area contributed by atoms with Gasteiger partial charge in [0.25, 0.3) is 0 Å². The van der Waals surface area contributed by atoms with E-state index in [-0.39, 0.29) is 5.88 Å². The van der Waals surface area contributed by atoms with Crippen LogP contribution in [0.25, 0.3) is 0 Å². The van der Waals surface area contributed by atoms with E-state index < -0.39 is 10.7 Å². The molecule has 0 unspecified atom stereocenters. The minimum absolute atomic E-state index is 0.148. The van der Waals surface area contributed by atoms with Crippen molar-refractivity contribution in [3.8, 4) is 0 Å². The van der Waals surface area contributed by atoms with Crippen molar-refractivity contribution in [3.05, 3.63) is 0 Å². The third-order valence-electron chi connectivity index (χ3n) is 0.398. The molecule has 0 heterocycles. The van der Waals surface area contributed by atoms with Gasteiger partial charge in [-0.2, -0.15) is 0 Å². The molecule has 0 N–H and O–H groups in total. The van der Waals surface area contributed by atoms with Crippen molar-refractivity contribution in [2.45, 2.75) is 0 Å². The molecular formula is C3H9NO2S. The van der Waals surface area contributed by atoms with Gasteiger partial charge in [-0.3, -0.25) is 4.90 Å². The second kappa shape index (κ2) is 2.98. The molecule has 4 heteroatoms. The van der Waals surface area contributed by atoms with Crippen LogP contribution in [0.15, 0.2) is 0 Å². The van der Waals surface area contributed by atoms with Gasteiger partial charge in [0.05, 0.1) is 5.88 Å². The standard InChI is InChI=1S/C3H9NO2S/c1-4(2)3-7(5)6/h7H,3H2,1-2H3. The number of hydrogen-bond acceptors (Lipinski definition) is 3. The second-order valence-corrected chi connectivity index (χ2v) is 2.50. The van der Waals surface area contributed by atoms with Crippen molar-refractivity contribution in [2.24, 2.45) is 0 Å². The summed E-state index contributed by atoms with van der Waals surface area (Å²) in [4.78, 5) is 1.60. The lowest BCUT2D eigenvalue weighted by Crippen LogP contribution is -2.13. The topological polar surface area (TPSA) is 37.4 Å². The molecule has 7 heavy (non-hydrogen) atoms. The summed E-state index contributed by atoms with van der Waals surface area (Å²) in [5.41, 5.74) is 0. The van der Waals surface area contributed by atoms with Crippen LogP contribution in [0.4, 0.5) is 0 Å². The van der Waals surface area contributed by atoms with Gasteiger partial charge < -0.3 is 0 Å². The number of hydrogen-bond donors (Lipinski definition) is 1. The van der Waals surface area contributed by atoms with E-state index >= 15 is 0 Å². The Morgan fingerprint density at radius 1 is 1.43 bits per heavy atom. The summed E-state index contributed by atoms with van der Waals surface area (Å²) in [6.07, 6.45) is 0. The number of rotatable bonds is 2. The van der Waals surface area contributed by atoms with Crippen LogP contribution in [0.5, 0.6) is 0 Å². The maximum absolute atomic E-state index is 9.81. The first-order chi connectivity index (χ1) is 3.13. The summed E-state index contributed by atoms with van der Waals surface area (Å²) in [5, 5.41) is 0. The lowest BCUT2D eigenvalue weighted by Gasteiger charge is -1.99. The number of nitrogens with zero attached hydrogens (tertiary/aromatic N) is 1. The number of thiol groups is 1. The van der Waals surface area contributed by atoms with E-state index in [1.807, 2.05) is 0 Å². The highest BCUT2D eigenvalue weighted by Crippen LogP contribution is 1.69. The highest BCUT2D eigenvalue weighted by atomic mass is 32.2. The first-order valence-electron chi connectivity index (χ1n) is 1.89. The van der Waals surface area contributed by atoms with Crippen LogP contribution in [0, 0.1) is 0 Å². The molecule has 0 saturated heterocycles. The minimum Gasteiger partial charge on any atom is -0.296 e. The molecule has 3 nitrogen and oxygen atoms in total. The second-order valence-electron chi connectivity index (χ2n) is 1.55. The van der Waals surface area contributed by atoms with E-state index in [1.54, 1.807) is 19.0 Å². The van der Waals surface area contributed by atoms with Crippen molar-refractivity contribution in [1.29, 1.82) is 0 Å². The first kappa shape index (κ1) is 6.91. The van der Waals surface area contributed by atoms with Gasteiger partial charge in [0.2, 0.25) is 0 Å². The molecule has 0 aliphatic carbocycles. The quantitative estimate of drug-likeness (QED) is 0.484. The lowest BCUT2D eigenvalue weighted by atomic mass is 11.0. The van der Waals surface area contributed by atoms with Crippen LogP contribution in [-0.4, -0.2) is 33.3 Å². The minimum atomic E-state index is -2.21. The third kappa shape index (κ3) is 5.91. The van der Waals surface area contributed by atoms with Gasteiger partial charge in [0.15, 0.2) is 10.7 Å². The molecule has 0 amide bonds. The van der Waals surface area contributed by atoms with Crippen LogP contribution >= 0.6 is 0 Å². The summed E-state index contributed by atoms with van der Waals surface area (Å²) in [6, 6.07) is 0. The summed E-state index contributed by atoms with van der Waals surface area (Å²) in [6.45, 7) is 0. The Kier molecular flexibility index (Phi) is 2.95. The van der Waals surface area contributed by atoms with E-state index in [0.29, 0.717) is 0 Å². The van der Waals surface area contributed by atoms with E-state index in [9.17, 15) is 8.42 Å². The Hall–Kier alpha value is -0.0900. The van der Waals surface area contributed by atoms with Gasteiger partial charge in [-0.1, -0.05) is 0 Å². The normalized spacial score (nSPS) is 10.9. The monoisotopic (exact) mass is 123 g/mol. The van der Waals surface area contributed by atoms with Gasteiger partial charge in [-0.05, 0) is 14.1 Å². The Balaban J connectivity index is 3.32. The fourth-order valence-electron chi connectivity index (χ4n) is 0.231. The molecule has 0 radical (unpaired) electrons. The molecule has 0 aromatic rings.